The molecule has 0 saturated heterocycles. The molecule has 1 N–H and O–H groups in total. The Labute approximate surface area is 206 Å². The quantitative estimate of drug-likeness (QED) is 0.578. The first-order chi connectivity index (χ1) is 16.8. The van der Waals surface area contributed by atoms with E-state index in [2.05, 4.69) is 31.3 Å². The van der Waals surface area contributed by atoms with Crippen molar-refractivity contribution in [1.29, 1.82) is 0 Å². The summed E-state index contributed by atoms with van der Waals surface area (Å²) in [5, 5.41) is 3.00. The van der Waals surface area contributed by atoms with E-state index in [0.29, 0.717) is 18.1 Å². The average Bonchev–Trinajstić information content (AvgIpc) is 3.48. The van der Waals surface area contributed by atoms with E-state index < -0.39 is 0 Å². The van der Waals surface area contributed by atoms with Gasteiger partial charge in [0.1, 0.15) is 11.5 Å². The summed E-state index contributed by atoms with van der Waals surface area (Å²) in [6, 6.07) is 9.68. The number of fused-ring (bicyclic) bond motifs is 1. The summed E-state index contributed by atoms with van der Waals surface area (Å²) in [4.78, 5) is 25.7. The third-order valence-electron chi connectivity index (χ3n) is 7.47. The molecule has 0 aliphatic heterocycles. The van der Waals surface area contributed by atoms with Crippen molar-refractivity contribution >= 4 is 17.3 Å². The fourth-order valence-corrected chi connectivity index (χ4v) is 5.11. The zero-order valence-electron chi connectivity index (χ0n) is 21.2. The van der Waals surface area contributed by atoms with Crippen molar-refractivity contribution in [2.75, 3.05) is 14.2 Å². The van der Waals surface area contributed by atoms with Gasteiger partial charge in [-0.1, -0.05) is 38.5 Å². The van der Waals surface area contributed by atoms with Crippen LogP contribution in [0.1, 0.15) is 50.5 Å². The molecule has 2 aliphatic carbocycles. The van der Waals surface area contributed by atoms with E-state index in [4.69, 9.17) is 13.9 Å². The second kappa shape index (κ2) is 9.98. The molecule has 1 aromatic carbocycles. The van der Waals surface area contributed by atoms with Crippen LogP contribution in [0.2, 0.25) is 0 Å². The number of benzene rings is 1. The molecule has 35 heavy (non-hydrogen) atoms. The molecule has 0 saturated carbocycles. The van der Waals surface area contributed by atoms with Gasteiger partial charge in [0.05, 0.1) is 27.0 Å². The molecule has 2 aliphatic rings. The fourth-order valence-electron chi connectivity index (χ4n) is 5.11. The summed E-state index contributed by atoms with van der Waals surface area (Å²) < 4.78 is 16.2. The zero-order chi connectivity index (χ0) is 25.3. The Balaban J connectivity index is 1.73. The Hall–Kier alpha value is -3.54. The first-order valence-electron chi connectivity index (χ1n) is 12.0. The van der Waals surface area contributed by atoms with Crippen molar-refractivity contribution in [1.82, 2.24) is 5.32 Å². The number of furan rings is 1. The van der Waals surface area contributed by atoms with Crippen molar-refractivity contribution < 1.29 is 23.5 Å². The molecule has 0 bridgehead atoms. The number of carbonyl (C=O) groups excluding carboxylic acids is 2. The molecule has 4 rings (SSSR count). The smallest absolute Gasteiger partial charge is 0.224 e. The average molecular weight is 476 g/mol. The maximum absolute atomic E-state index is 13.2. The van der Waals surface area contributed by atoms with E-state index in [1.807, 2.05) is 38.1 Å². The Morgan fingerprint density at radius 1 is 1.17 bits per heavy atom. The lowest BCUT2D eigenvalue weighted by atomic mass is 9.79. The van der Waals surface area contributed by atoms with E-state index in [1.54, 1.807) is 19.4 Å². The highest BCUT2D eigenvalue weighted by Gasteiger charge is 2.37. The molecule has 184 valence electrons. The van der Waals surface area contributed by atoms with Gasteiger partial charge in [0.15, 0.2) is 5.76 Å². The third kappa shape index (κ3) is 4.57. The normalized spacial score (nSPS) is 23.7. The minimum absolute atomic E-state index is 0.0270. The highest BCUT2D eigenvalue weighted by atomic mass is 16.5. The van der Waals surface area contributed by atoms with Gasteiger partial charge in [-0.2, -0.15) is 0 Å². The lowest BCUT2D eigenvalue weighted by Gasteiger charge is -2.26. The largest absolute Gasteiger partial charge is 0.497 e. The second-order valence-electron chi connectivity index (χ2n) is 9.41. The summed E-state index contributed by atoms with van der Waals surface area (Å²) in [5.41, 5.74) is 5.38. The van der Waals surface area contributed by atoms with E-state index in [-0.39, 0.29) is 35.4 Å². The maximum Gasteiger partial charge on any atom is 0.224 e. The van der Waals surface area contributed by atoms with E-state index >= 15 is 0 Å². The molecule has 6 heteroatoms. The lowest BCUT2D eigenvalue weighted by molar-refractivity contribution is -0.125. The van der Waals surface area contributed by atoms with Gasteiger partial charge >= 0.3 is 0 Å². The molecule has 6 nitrogen and oxygen atoms in total. The molecule has 1 aromatic heterocycles. The number of carbonyl (C=O) groups is 2. The van der Waals surface area contributed by atoms with Crippen LogP contribution >= 0.6 is 0 Å². The SMILES string of the molecule is COC1=C/C(=C\C2=C(C)C(C(C)C(=O)NCc3ccco3)c3cc(OC)ccc32)C(C)C(C)C1=O. The predicted molar refractivity (Wildman–Crippen MR) is 135 cm³/mol. The molecule has 4 atom stereocenters. The van der Waals surface area contributed by atoms with Crippen LogP contribution in [-0.2, 0) is 20.9 Å². The van der Waals surface area contributed by atoms with Crippen molar-refractivity contribution in [2.45, 2.75) is 40.2 Å². The topological polar surface area (TPSA) is 77.8 Å². The zero-order valence-corrected chi connectivity index (χ0v) is 21.2. The van der Waals surface area contributed by atoms with Crippen LogP contribution in [0.5, 0.6) is 5.75 Å². The number of hydrogen-bond acceptors (Lipinski definition) is 5. The van der Waals surface area contributed by atoms with E-state index in [1.165, 1.54) is 7.11 Å². The first-order valence-corrected chi connectivity index (χ1v) is 12.0. The van der Waals surface area contributed by atoms with Crippen LogP contribution in [-0.4, -0.2) is 25.9 Å². The van der Waals surface area contributed by atoms with Gasteiger partial charge < -0.3 is 19.2 Å². The maximum atomic E-state index is 13.2. The summed E-state index contributed by atoms with van der Waals surface area (Å²) in [6.45, 7) is 8.40. The molecular weight excluding hydrogens is 442 g/mol. The minimum atomic E-state index is -0.305. The molecule has 1 amide bonds. The molecule has 4 unspecified atom stereocenters. The van der Waals surface area contributed by atoms with Crippen molar-refractivity contribution in [3.8, 4) is 5.75 Å². The predicted octanol–water partition coefficient (Wildman–Crippen LogP) is 5.42. The molecule has 1 heterocycles. The third-order valence-corrected chi connectivity index (χ3v) is 7.47. The number of ketones is 1. The van der Waals surface area contributed by atoms with Gasteiger partial charge in [0.2, 0.25) is 11.7 Å². The molecule has 0 spiro atoms. The van der Waals surface area contributed by atoms with Crippen LogP contribution < -0.4 is 10.1 Å². The lowest BCUT2D eigenvalue weighted by Crippen LogP contribution is -2.32. The van der Waals surface area contributed by atoms with Gasteiger partial charge in [-0.3, -0.25) is 9.59 Å². The highest BCUT2D eigenvalue weighted by molar-refractivity contribution is 5.98. The minimum Gasteiger partial charge on any atom is -0.497 e. The molecular formula is C29H33NO5. The fraction of sp³-hybridized carbons (Fsp3) is 0.379. The van der Waals surface area contributed by atoms with Crippen LogP contribution in [0.25, 0.3) is 5.57 Å². The van der Waals surface area contributed by atoms with Crippen molar-refractivity contribution in [3.05, 3.63) is 82.5 Å². The summed E-state index contributed by atoms with van der Waals surface area (Å²) in [6.07, 6.45) is 5.60. The summed E-state index contributed by atoms with van der Waals surface area (Å²) >= 11 is 0. The first kappa shape index (κ1) is 24.6. The standard InChI is InChI=1S/C29H33NO5/c1-16-17(2)28(31)26(34-6)13-20(16)12-24-18(3)27(25-14-21(33-5)9-10-23(24)25)19(4)29(32)30-15-22-8-7-11-35-22/h7-14,16-17,19,27H,15H2,1-6H3,(H,30,32)/b20-12+. The van der Waals surface area contributed by atoms with Gasteiger partial charge in [-0.25, -0.2) is 0 Å². The number of methoxy groups -OCH3 is 2. The van der Waals surface area contributed by atoms with Crippen molar-refractivity contribution in [3.63, 3.8) is 0 Å². The number of nitrogens with one attached hydrogen (secondary N) is 1. The summed E-state index contributed by atoms with van der Waals surface area (Å²) in [7, 11) is 3.18. The van der Waals surface area contributed by atoms with Crippen LogP contribution in [0.3, 0.4) is 0 Å². The Morgan fingerprint density at radius 3 is 2.60 bits per heavy atom. The van der Waals surface area contributed by atoms with Gasteiger partial charge in [-0.05, 0) is 65.5 Å². The highest BCUT2D eigenvalue weighted by Crippen LogP contribution is 2.48. The van der Waals surface area contributed by atoms with Crippen LogP contribution in [0.4, 0.5) is 0 Å². The molecule has 0 radical (unpaired) electrons. The Morgan fingerprint density at radius 2 is 1.94 bits per heavy atom. The second-order valence-corrected chi connectivity index (χ2v) is 9.41. The van der Waals surface area contributed by atoms with Crippen LogP contribution in [0, 0.1) is 17.8 Å². The van der Waals surface area contributed by atoms with E-state index in [9.17, 15) is 9.59 Å². The Kier molecular flexibility index (Phi) is 7.01. The number of amides is 1. The van der Waals surface area contributed by atoms with E-state index in [0.717, 1.165) is 33.6 Å². The van der Waals surface area contributed by atoms with Gasteiger partial charge in [0.25, 0.3) is 0 Å². The number of hydrogen-bond donors (Lipinski definition) is 1. The summed E-state index contributed by atoms with van der Waals surface area (Å²) in [5.74, 6) is 1.32. The molecule has 0 fully saturated rings. The number of Topliss-reactive ketones (excluding diaryl/α,β-unsaturated/α-hetero) is 1. The van der Waals surface area contributed by atoms with Crippen molar-refractivity contribution in [2.24, 2.45) is 17.8 Å². The number of rotatable bonds is 7. The molecule has 2 aromatic rings. The van der Waals surface area contributed by atoms with Gasteiger partial charge in [-0.15, -0.1) is 0 Å². The van der Waals surface area contributed by atoms with Crippen LogP contribution in [0.15, 0.2) is 70.1 Å². The monoisotopic (exact) mass is 475 g/mol. The Bertz CT molecular complexity index is 1220. The van der Waals surface area contributed by atoms with Gasteiger partial charge in [0, 0.05) is 17.8 Å². The number of ether oxygens (including phenoxy) is 2. The number of allylic oxidation sites excluding steroid dienone is 6.